The predicted octanol–water partition coefficient (Wildman–Crippen LogP) is 4.60. The van der Waals surface area contributed by atoms with Crippen LogP contribution >= 0.6 is 0 Å². The standard InChI is InChI=1S/C24H28N2O4/c1-3-28-24(27)23-17(2)22-20(9-4-10-21(22)30-23)29-16-19-8-6-12-26(15-19)14-18-7-5-11-25-13-18/h4-5,7,9-11,13,19H,3,6,8,12,14-16H2,1-2H3. The number of aromatic nitrogens is 1. The number of hydrogen-bond acceptors (Lipinski definition) is 6. The molecule has 3 heterocycles. The zero-order valence-corrected chi connectivity index (χ0v) is 17.6. The van der Waals surface area contributed by atoms with Crippen LogP contribution in [0, 0.1) is 12.8 Å². The monoisotopic (exact) mass is 408 g/mol. The van der Waals surface area contributed by atoms with Crippen molar-refractivity contribution in [2.45, 2.75) is 33.2 Å². The summed E-state index contributed by atoms with van der Waals surface area (Å²) in [5.41, 5.74) is 2.65. The van der Waals surface area contributed by atoms with Crippen LogP contribution in [0.2, 0.25) is 0 Å². The first-order chi connectivity index (χ1) is 14.7. The van der Waals surface area contributed by atoms with E-state index in [0.29, 0.717) is 24.7 Å². The molecular formula is C24H28N2O4. The van der Waals surface area contributed by atoms with Gasteiger partial charge in [0.25, 0.3) is 0 Å². The third kappa shape index (κ3) is 4.49. The van der Waals surface area contributed by atoms with E-state index >= 15 is 0 Å². The number of fused-ring (bicyclic) bond motifs is 1. The zero-order valence-electron chi connectivity index (χ0n) is 17.6. The molecule has 6 nitrogen and oxygen atoms in total. The van der Waals surface area contributed by atoms with E-state index in [2.05, 4.69) is 16.0 Å². The quantitative estimate of drug-likeness (QED) is 0.532. The first-order valence-electron chi connectivity index (χ1n) is 10.6. The second-order valence-corrected chi connectivity index (χ2v) is 7.82. The average molecular weight is 408 g/mol. The molecule has 1 aliphatic rings. The fourth-order valence-electron chi connectivity index (χ4n) is 4.17. The highest BCUT2D eigenvalue weighted by molar-refractivity contribution is 5.98. The second-order valence-electron chi connectivity index (χ2n) is 7.82. The van der Waals surface area contributed by atoms with Gasteiger partial charge in [-0.25, -0.2) is 4.79 Å². The number of aryl methyl sites for hydroxylation is 1. The van der Waals surface area contributed by atoms with Crippen LogP contribution in [-0.4, -0.2) is 42.2 Å². The largest absolute Gasteiger partial charge is 0.492 e. The van der Waals surface area contributed by atoms with Crippen molar-refractivity contribution in [3.8, 4) is 5.75 Å². The van der Waals surface area contributed by atoms with Crippen LogP contribution in [-0.2, 0) is 11.3 Å². The Balaban J connectivity index is 1.43. The maximum atomic E-state index is 12.2. The first kappa shape index (κ1) is 20.4. The van der Waals surface area contributed by atoms with E-state index in [1.54, 1.807) is 6.92 Å². The Morgan fingerprint density at radius 3 is 3.00 bits per heavy atom. The van der Waals surface area contributed by atoms with Gasteiger partial charge in [0, 0.05) is 37.0 Å². The number of carbonyl (C=O) groups is 1. The molecule has 1 aliphatic heterocycles. The number of nitrogens with zero attached hydrogens (tertiary/aromatic N) is 2. The van der Waals surface area contributed by atoms with Gasteiger partial charge >= 0.3 is 5.97 Å². The molecule has 1 aromatic carbocycles. The summed E-state index contributed by atoms with van der Waals surface area (Å²) in [5.74, 6) is 1.04. The summed E-state index contributed by atoms with van der Waals surface area (Å²) < 4.78 is 17.1. The van der Waals surface area contributed by atoms with E-state index in [4.69, 9.17) is 13.9 Å². The summed E-state index contributed by atoms with van der Waals surface area (Å²) in [5, 5.41) is 0.851. The van der Waals surface area contributed by atoms with Crippen LogP contribution in [0.5, 0.6) is 5.75 Å². The van der Waals surface area contributed by atoms with Crippen LogP contribution < -0.4 is 4.74 Å². The Labute approximate surface area is 176 Å². The van der Waals surface area contributed by atoms with Crippen LogP contribution in [0.15, 0.2) is 47.1 Å². The van der Waals surface area contributed by atoms with Crippen molar-refractivity contribution in [2.75, 3.05) is 26.3 Å². The van der Waals surface area contributed by atoms with E-state index in [0.717, 1.165) is 49.2 Å². The van der Waals surface area contributed by atoms with Crippen molar-refractivity contribution in [1.29, 1.82) is 0 Å². The highest BCUT2D eigenvalue weighted by atomic mass is 16.5. The maximum absolute atomic E-state index is 12.2. The zero-order chi connectivity index (χ0) is 20.9. The van der Waals surface area contributed by atoms with Gasteiger partial charge in [-0.15, -0.1) is 0 Å². The molecular weight excluding hydrogens is 380 g/mol. The number of benzene rings is 1. The number of ether oxygens (including phenoxy) is 2. The van der Waals surface area contributed by atoms with Crippen molar-refractivity contribution in [2.24, 2.45) is 5.92 Å². The molecule has 1 fully saturated rings. The van der Waals surface area contributed by atoms with Crippen LogP contribution in [0.1, 0.15) is 41.4 Å². The Bertz CT molecular complexity index is 999. The van der Waals surface area contributed by atoms with Gasteiger partial charge in [0.2, 0.25) is 5.76 Å². The third-order valence-corrected chi connectivity index (χ3v) is 5.58. The minimum atomic E-state index is -0.435. The van der Waals surface area contributed by atoms with Gasteiger partial charge in [-0.2, -0.15) is 0 Å². The van der Waals surface area contributed by atoms with Gasteiger partial charge in [0.05, 0.1) is 18.6 Å². The third-order valence-electron chi connectivity index (χ3n) is 5.58. The first-order valence-corrected chi connectivity index (χ1v) is 10.6. The van der Waals surface area contributed by atoms with Gasteiger partial charge in [0.15, 0.2) is 0 Å². The Hall–Kier alpha value is -2.86. The van der Waals surface area contributed by atoms with E-state index in [1.165, 1.54) is 5.56 Å². The fraction of sp³-hybridized carbons (Fsp3) is 0.417. The molecule has 158 valence electrons. The molecule has 3 aromatic rings. The van der Waals surface area contributed by atoms with E-state index in [1.807, 2.05) is 43.6 Å². The van der Waals surface area contributed by atoms with Crippen molar-refractivity contribution >= 4 is 16.9 Å². The van der Waals surface area contributed by atoms with Crippen LogP contribution in [0.25, 0.3) is 11.0 Å². The van der Waals surface area contributed by atoms with Gasteiger partial charge in [-0.05, 0) is 57.0 Å². The number of furan rings is 1. The molecule has 0 spiro atoms. The summed E-state index contributed by atoms with van der Waals surface area (Å²) in [6.07, 6.45) is 6.06. The maximum Gasteiger partial charge on any atom is 0.374 e. The molecule has 0 N–H and O–H groups in total. The van der Waals surface area contributed by atoms with E-state index in [9.17, 15) is 4.79 Å². The molecule has 30 heavy (non-hydrogen) atoms. The highest BCUT2D eigenvalue weighted by Gasteiger charge is 2.23. The lowest BCUT2D eigenvalue weighted by molar-refractivity contribution is 0.0491. The Morgan fingerprint density at radius 2 is 2.20 bits per heavy atom. The molecule has 2 aromatic heterocycles. The SMILES string of the molecule is CCOC(=O)c1oc2cccc(OCC3CCCN(Cc4cccnc4)C3)c2c1C. The minimum Gasteiger partial charge on any atom is -0.492 e. The summed E-state index contributed by atoms with van der Waals surface area (Å²) in [4.78, 5) is 18.9. The number of rotatable bonds is 7. The molecule has 0 radical (unpaired) electrons. The molecule has 1 saturated heterocycles. The predicted molar refractivity (Wildman–Crippen MR) is 115 cm³/mol. The molecule has 4 rings (SSSR count). The van der Waals surface area contributed by atoms with Gasteiger partial charge in [0.1, 0.15) is 11.3 Å². The highest BCUT2D eigenvalue weighted by Crippen LogP contribution is 2.34. The van der Waals surface area contributed by atoms with Gasteiger partial charge < -0.3 is 13.9 Å². The summed E-state index contributed by atoms with van der Waals surface area (Å²) in [6.45, 7) is 7.64. The van der Waals surface area contributed by atoms with Crippen molar-refractivity contribution < 1.29 is 18.7 Å². The number of pyridine rings is 1. The molecule has 0 aliphatic carbocycles. The lowest BCUT2D eigenvalue weighted by Gasteiger charge is -2.32. The summed E-state index contributed by atoms with van der Waals surface area (Å²) in [6, 6.07) is 9.80. The lowest BCUT2D eigenvalue weighted by atomic mass is 9.98. The van der Waals surface area contributed by atoms with E-state index in [-0.39, 0.29) is 5.76 Å². The van der Waals surface area contributed by atoms with Crippen LogP contribution in [0.4, 0.5) is 0 Å². The summed E-state index contributed by atoms with van der Waals surface area (Å²) >= 11 is 0. The topological polar surface area (TPSA) is 64.8 Å². The van der Waals surface area contributed by atoms with Gasteiger partial charge in [-0.1, -0.05) is 12.1 Å². The molecule has 6 heteroatoms. The summed E-state index contributed by atoms with van der Waals surface area (Å²) in [7, 11) is 0. The van der Waals surface area contributed by atoms with Gasteiger partial charge in [-0.3, -0.25) is 9.88 Å². The smallest absolute Gasteiger partial charge is 0.374 e. The second kappa shape index (κ2) is 9.30. The van der Waals surface area contributed by atoms with Crippen molar-refractivity contribution in [3.63, 3.8) is 0 Å². The average Bonchev–Trinajstić information content (AvgIpc) is 3.11. The number of carbonyl (C=O) groups excluding carboxylic acids is 1. The number of esters is 1. The van der Waals surface area contributed by atoms with Crippen LogP contribution in [0.3, 0.4) is 0 Å². The minimum absolute atomic E-state index is 0.253. The van der Waals surface area contributed by atoms with E-state index < -0.39 is 5.97 Å². The molecule has 1 unspecified atom stereocenters. The molecule has 0 bridgehead atoms. The number of hydrogen-bond donors (Lipinski definition) is 0. The number of piperidine rings is 1. The van der Waals surface area contributed by atoms with Crippen molar-refractivity contribution in [3.05, 3.63) is 59.6 Å². The van der Waals surface area contributed by atoms with Crippen molar-refractivity contribution in [1.82, 2.24) is 9.88 Å². The normalized spacial score (nSPS) is 17.2. The molecule has 1 atom stereocenters. The number of likely N-dealkylation sites (tertiary alicyclic amines) is 1. The Kier molecular flexibility index (Phi) is 6.33. The Morgan fingerprint density at radius 1 is 1.30 bits per heavy atom. The lowest BCUT2D eigenvalue weighted by Crippen LogP contribution is -2.37. The molecule has 0 amide bonds. The molecule has 0 saturated carbocycles. The fourth-order valence-corrected chi connectivity index (χ4v) is 4.17.